The van der Waals surface area contributed by atoms with Gasteiger partial charge >= 0.3 is 5.97 Å². The second-order valence-corrected chi connectivity index (χ2v) is 14.2. The van der Waals surface area contributed by atoms with Gasteiger partial charge in [0.2, 0.25) is 10.0 Å². The maximum atomic E-state index is 13.8. The van der Waals surface area contributed by atoms with Gasteiger partial charge in [0.15, 0.2) is 0 Å². The molecule has 1 fully saturated rings. The SMILES string of the molecule is CCC1(COC(=O)c2cc3ccc(CN)nc3n2Cc2cc(NS(=O)(=O)Cc3ccccc3)cc3ccccc23)CCN(C)CC1. The number of ether oxygens (including phenoxy) is 1. The number of hydrogen-bond donors (Lipinski definition) is 2. The van der Waals surface area contributed by atoms with Crippen LogP contribution in [0, 0.1) is 5.41 Å². The number of esters is 1. The van der Waals surface area contributed by atoms with Gasteiger partial charge in [0.25, 0.3) is 0 Å². The van der Waals surface area contributed by atoms with Crippen molar-refractivity contribution in [3.05, 3.63) is 107 Å². The van der Waals surface area contributed by atoms with Gasteiger partial charge in [-0.1, -0.05) is 61.5 Å². The summed E-state index contributed by atoms with van der Waals surface area (Å²) in [6.45, 7) is 5.02. The minimum atomic E-state index is -3.69. The van der Waals surface area contributed by atoms with Crippen LogP contribution in [-0.4, -0.2) is 55.6 Å². The number of rotatable bonds is 11. The number of fused-ring (bicyclic) bond motifs is 2. The molecule has 1 saturated heterocycles. The van der Waals surface area contributed by atoms with Gasteiger partial charge in [0, 0.05) is 23.0 Å². The lowest BCUT2D eigenvalue weighted by atomic mass is 9.77. The van der Waals surface area contributed by atoms with Crippen LogP contribution in [0.5, 0.6) is 0 Å². The molecule has 3 N–H and O–H groups in total. The van der Waals surface area contributed by atoms with E-state index in [9.17, 15) is 13.2 Å². The number of piperidine rings is 1. The minimum absolute atomic E-state index is 0.0363. The quantitative estimate of drug-likeness (QED) is 0.172. The van der Waals surface area contributed by atoms with E-state index in [1.165, 1.54) is 0 Å². The number of benzene rings is 3. The van der Waals surface area contributed by atoms with Gasteiger partial charge in [-0.15, -0.1) is 0 Å². The Morgan fingerprint density at radius 3 is 2.46 bits per heavy atom. The van der Waals surface area contributed by atoms with Gasteiger partial charge in [0.05, 0.1) is 24.6 Å². The predicted octanol–water partition coefficient (Wildman–Crippen LogP) is 5.92. The van der Waals surface area contributed by atoms with E-state index in [1.54, 1.807) is 12.1 Å². The molecule has 3 heterocycles. The summed E-state index contributed by atoms with van der Waals surface area (Å²) in [6, 6.07) is 26.2. The lowest BCUT2D eigenvalue weighted by Crippen LogP contribution is -2.40. The maximum Gasteiger partial charge on any atom is 0.355 e. The average molecular weight is 640 g/mol. The lowest BCUT2D eigenvalue weighted by Gasteiger charge is -2.39. The van der Waals surface area contributed by atoms with Gasteiger partial charge < -0.3 is 19.9 Å². The Kier molecular flexibility index (Phi) is 9.13. The summed E-state index contributed by atoms with van der Waals surface area (Å²) < 4.78 is 37.1. The Bertz CT molecular complexity index is 1970. The predicted molar refractivity (Wildman–Crippen MR) is 183 cm³/mol. The molecule has 5 aromatic rings. The van der Waals surface area contributed by atoms with Gasteiger partial charge in [-0.3, -0.25) is 4.72 Å². The summed E-state index contributed by atoms with van der Waals surface area (Å²) in [6.07, 6.45) is 2.91. The van der Waals surface area contributed by atoms with Gasteiger partial charge in [-0.05, 0) is 91.6 Å². The highest BCUT2D eigenvalue weighted by Gasteiger charge is 2.34. The Balaban J connectivity index is 1.36. The highest BCUT2D eigenvalue weighted by Crippen LogP contribution is 2.35. The molecular formula is C36H41N5O4S. The highest BCUT2D eigenvalue weighted by atomic mass is 32.2. The molecule has 2 aromatic heterocycles. The van der Waals surface area contributed by atoms with E-state index in [-0.39, 0.29) is 24.3 Å². The molecule has 46 heavy (non-hydrogen) atoms. The number of anilines is 1. The first-order chi connectivity index (χ1) is 22.2. The number of carbonyl (C=O) groups is 1. The summed E-state index contributed by atoms with van der Waals surface area (Å²) in [4.78, 5) is 21.0. The molecular weight excluding hydrogens is 598 g/mol. The van der Waals surface area contributed by atoms with Crippen LogP contribution in [0.2, 0.25) is 0 Å². The van der Waals surface area contributed by atoms with Crippen LogP contribution in [-0.2, 0) is 33.6 Å². The van der Waals surface area contributed by atoms with Gasteiger partial charge in [-0.25, -0.2) is 18.2 Å². The third-order valence-electron chi connectivity index (χ3n) is 9.28. The fraction of sp³-hybridized carbons (Fsp3) is 0.333. The monoisotopic (exact) mass is 639 g/mol. The molecule has 240 valence electrons. The van der Waals surface area contributed by atoms with Crippen LogP contribution < -0.4 is 10.5 Å². The zero-order chi connectivity index (χ0) is 32.3. The van der Waals surface area contributed by atoms with Gasteiger partial charge in [0.1, 0.15) is 11.3 Å². The number of sulfonamides is 1. The van der Waals surface area contributed by atoms with E-state index in [0.29, 0.717) is 34.9 Å². The Morgan fingerprint density at radius 1 is 0.978 bits per heavy atom. The van der Waals surface area contributed by atoms with Crippen molar-refractivity contribution in [1.29, 1.82) is 0 Å². The largest absolute Gasteiger partial charge is 0.460 e. The highest BCUT2D eigenvalue weighted by molar-refractivity contribution is 7.91. The smallest absolute Gasteiger partial charge is 0.355 e. The van der Waals surface area contributed by atoms with Crippen LogP contribution in [0.4, 0.5) is 5.69 Å². The van der Waals surface area contributed by atoms with Crippen LogP contribution in [0.25, 0.3) is 21.8 Å². The van der Waals surface area contributed by atoms with E-state index < -0.39 is 16.0 Å². The first-order valence-electron chi connectivity index (χ1n) is 15.8. The molecule has 0 bridgehead atoms. The summed E-state index contributed by atoms with van der Waals surface area (Å²) >= 11 is 0. The number of likely N-dealkylation sites (tertiary alicyclic amines) is 1. The fourth-order valence-corrected chi connectivity index (χ4v) is 7.53. The molecule has 3 aromatic carbocycles. The van der Waals surface area contributed by atoms with Crippen LogP contribution >= 0.6 is 0 Å². The molecule has 0 radical (unpaired) electrons. The number of aromatic nitrogens is 2. The topological polar surface area (TPSA) is 120 Å². The third kappa shape index (κ3) is 6.94. The number of carbonyl (C=O) groups excluding carboxylic acids is 1. The first-order valence-corrected chi connectivity index (χ1v) is 17.4. The van der Waals surface area contributed by atoms with Crippen molar-refractivity contribution in [2.24, 2.45) is 11.1 Å². The molecule has 1 aliphatic heterocycles. The normalized spacial score (nSPS) is 15.3. The van der Waals surface area contributed by atoms with Crippen molar-refractivity contribution in [2.45, 2.75) is 45.0 Å². The number of hydrogen-bond acceptors (Lipinski definition) is 7. The number of nitrogens with one attached hydrogen (secondary N) is 1. The van der Waals surface area contributed by atoms with Crippen molar-refractivity contribution in [3.8, 4) is 0 Å². The molecule has 0 spiro atoms. The molecule has 6 rings (SSSR count). The van der Waals surface area contributed by atoms with E-state index >= 15 is 0 Å². The zero-order valence-corrected chi connectivity index (χ0v) is 27.2. The van der Waals surface area contributed by atoms with Crippen molar-refractivity contribution < 1.29 is 17.9 Å². The second-order valence-electron chi connectivity index (χ2n) is 12.5. The van der Waals surface area contributed by atoms with Crippen LogP contribution in [0.1, 0.15) is 53.5 Å². The third-order valence-corrected chi connectivity index (χ3v) is 10.5. The molecule has 1 aliphatic rings. The molecule has 0 aliphatic carbocycles. The number of nitrogens with two attached hydrogens (primary N) is 1. The van der Waals surface area contributed by atoms with E-state index in [1.807, 2.05) is 77.4 Å². The molecule has 0 atom stereocenters. The fourth-order valence-electron chi connectivity index (χ4n) is 6.35. The van der Waals surface area contributed by atoms with Crippen LogP contribution in [0.15, 0.2) is 84.9 Å². The number of nitrogens with zero attached hydrogens (tertiary/aromatic N) is 3. The van der Waals surface area contributed by atoms with E-state index in [2.05, 4.69) is 23.6 Å². The summed E-state index contributed by atoms with van der Waals surface area (Å²) in [5.41, 5.74) is 9.63. The van der Waals surface area contributed by atoms with Crippen molar-refractivity contribution in [3.63, 3.8) is 0 Å². The van der Waals surface area contributed by atoms with Crippen molar-refractivity contribution >= 4 is 43.5 Å². The summed E-state index contributed by atoms with van der Waals surface area (Å²) in [5.74, 6) is -0.543. The van der Waals surface area contributed by atoms with Crippen molar-refractivity contribution in [1.82, 2.24) is 14.5 Å². The summed E-state index contributed by atoms with van der Waals surface area (Å²) in [5, 5.41) is 2.62. The van der Waals surface area contributed by atoms with Crippen molar-refractivity contribution in [2.75, 3.05) is 31.5 Å². The molecule has 9 nitrogen and oxygen atoms in total. The van der Waals surface area contributed by atoms with Crippen LogP contribution in [0.3, 0.4) is 0 Å². The number of pyridine rings is 1. The Morgan fingerprint density at radius 2 is 1.72 bits per heavy atom. The first kappa shape index (κ1) is 31.7. The van der Waals surface area contributed by atoms with E-state index in [0.717, 1.165) is 54.1 Å². The van der Waals surface area contributed by atoms with E-state index in [4.69, 9.17) is 15.5 Å². The molecule has 0 amide bonds. The lowest BCUT2D eigenvalue weighted by molar-refractivity contribution is 0.00650. The summed E-state index contributed by atoms with van der Waals surface area (Å²) in [7, 11) is -1.57. The van der Waals surface area contributed by atoms with Gasteiger partial charge in [-0.2, -0.15) is 0 Å². The molecule has 0 saturated carbocycles. The minimum Gasteiger partial charge on any atom is -0.460 e. The second kappa shape index (κ2) is 13.2. The molecule has 10 heteroatoms. The standard InChI is InChI=1S/C36H41N5O4S/c1-3-36(15-17-40(2)18-16-36)25-45-35(42)33-21-28-13-14-30(22-37)38-34(28)41(33)23-29-20-31(19-27-11-7-8-12-32(27)29)39-46(43,44)24-26-9-5-4-6-10-26/h4-14,19-21,39H,3,15-18,22-25,37H2,1-2H3. The Labute approximate surface area is 270 Å². The molecule has 0 unspecified atom stereocenters. The average Bonchev–Trinajstić information content (AvgIpc) is 3.42. The zero-order valence-electron chi connectivity index (χ0n) is 26.4. The Hall–Kier alpha value is -4.25. The maximum absolute atomic E-state index is 13.8.